The topological polar surface area (TPSA) is 94.2 Å². The number of hydrogen-bond donors (Lipinski definition) is 1. The normalized spacial score (nSPS) is 10.0. The Labute approximate surface area is 105 Å². The van der Waals surface area contributed by atoms with E-state index in [4.69, 9.17) is 0 Å². The number of nitro groups is 1. The van der Waals surface area contributed by atoms with E-state index in [2.05, 4.69) is 5.32 Å². The summed E-state index contributed by atoms with van der Waals surface area (Å²) in [5.41, 5.74) is -0.316. The first-order valence-electron chi connectivity index (χ1n) is 4.81. The predicted octanol–water partition coefficient (Wildman–Crippen LogP) is 1.90. The maximum atomic E-state index is 11.7. The maximum Gasteiger partial charge on any atom is 0.342 e. The van der Waals surface area contributed by atoms with Crippen molar-refractivity contribution in [2.75, 3.05) is 5.32 Å². The average Bonchev–Trinajstić information content (AvgIpc) is 2.76. The van der Waals surface area contributed by atoms with Crippen LogP contribution in [-0.2, 0) is 0 Å². The van der Waals surface area contributed by atoms with Crippen molar-refractivity contribution in [3.63, 3.8) is 0 Å². The van der Waals surface area contributed by atoms with E-state index in [9.17, 15) is 19.7 Å². The van der Waals surface area contributed by atoms with Crippen LogP contribution in [0.1, 0.15) is 0 Å². The zero-order chi connectivity index (χ0) is 13.1. The molecule has 92 valence electrons. The Morgan fingerprint density at radius 2 is 2.17 bits per heavy atom. The second-order valence-corrected chi connectivity index (χ2v) is 4.13. The Balaban J connectivity index is 2.22. The number of amides is 1. The van der Waals surface area contributed by atoms with Crippen molar-refractivity contribution in [2.45, 2.75) is 0 Å². The number of carbonyl (C=O) groups excluding carboxylic acids is 1. The lowest BCUT2D eigenvalue weighted by atomic mass is 10.3. The van der Waals surface area contributed by atoms with Crippen molar-refractivity contribution in [1.82, 2.24) is 3.96 Å². The molecule has 1 aromatic heterocycles. The Kier molecular flexibility index (Phi) is 3.20. The molecule has 0 aliphatic carbocycles. The van der Waals surface area contributed by atoms with Crippen LogP contribution in [0.15, 0.2) is 40.5 Å². The number of non-ortho nitro benzene ring substituents is 1. The summed E-state index contributed by atoms with van der Waals surface area (Å²) in [5, 5.41) is 14.5. The van der Waals surface area contributed by atoms with Gasteiger partial charge in [-0.15, -0.1) is 0 Å². The Hall–Kier alpha value is -2.48. The molecule has 0 radical (unpaired) electrons. The Morgan fingerprint density at radius 3 is 2.78 bits per heavy atom. The molecule has 1 amide bonds. The number of anilines is 1. The van der Waals surface area contributed by atoms with Gasteiger partial charge in [0.15, 0.2) is 0 Å². The fraction of sp³-hybridized carbons (Fsp3) is 0. The summed E-state index contributed by atoms with van der Waals surface area (Å²) >= 11 is 0.946. The van der Waals surface area contributed by atoms with Crippen molar-refractivity contribution < 1.29 is 9.72 Å². The summed E-state index contributed by atoms with van der Waals surface area (Å²) in [4.78, 5) is 32.9. The summed E-state index contributed by atoms with van der Waals surface area (Å²) in [6.45, 7) is 0. The largest absolute Gasteiger partial charge is 0.342 e. The minimum absolute atomic E-state index is 0.133. The van der Waals surface area contributed by atoms with Gasteiger partial charge in [-0.1, -0.05) is 17.6 Å². The van der Waals surface area contributed by atoms with E-state index in [1.54, 1.807) is 0 Å². The van der Waals surface area contributed by atoms with Crippen LogP contribution in [0.3, 0.4) is 0 Å². The molecule has 1 N–H and O–H groups in total. The second-order valence-electron chi connectivity index (χ2n) is 3.28. The highest BCUT2D eigenvalue weighted by molar-refractivity contribution is 7.05. The summed E-state index contributed by atoms with van der Waals surface area (Å²) in [6.07, 6.45) is 0. The fourth-order valence-corrected chi connectivity index (χ4v) is 1.89. The quantitative estimate of drug-likeness (QED) is 0.662. The van der Waals surface area contributed by atoms with Gasteiger partial charge < -0.3 is 5.32 Å². The molecule has 2 aromatic rings. The molecular weight excluding hydrogens is 258 g/mol. The molecule has 0 unspecified atom stereocenters. The van der Waals surface area contributed by atoms with Crippen LogP contribution in [0.2, 0.25) is 0 Å². The van der Waals surface area contributed by atoms with E-state index in [1.165, 1.54) is 35.7 Å². The summed E-state index contributed by atoms with van der Waals surface area (Å²) < 4.78 is 0.916. The van der Waals surface area contributed by atoms with Crippen molar-refractivity contribution in [3.05, 3.63) is 56.2 Å². The molecule has 1 heterocycles. The van der Waals surface area contributed by atoms with Gasteiger partial charge >= 0.3 is 6.03 Å². The molecule has 0 aliphatic rings. The minimum Gasteiger partial charge on any atom is -0.306 e. The van der Waals surface area contributed by atoms with Gasteiger partial charge in [0.2, 0.25) is 0 Å². The van der Waals surface area contributed by atoms with Gasteiger partial charge in [-0.05, 0) is 6.07 Å². The van der Waals surface area contributed by atoms with Crippen LogP contribution in [0.25, 0.3) is 0 Å². The van der Waals surface area contributed by atoms with Crippen LogP contribution in [-0.4, -0.2) is 14.9 Å². The van der Waals surface area contributed by atoms with Crippen molar-refractivity contribution >= 4 is 28.9 Å². The van der Waals surface area contributed by atoms with E-state index in [-0.39, 0.29) is 11.4 Å². The Bertz CT molecular complexity index is 661. The molecule has 1 aromatic carbocycles. The molecule has 0 atom stereocenters. The van der Waals surface area contributed by atoms with Crippen LogP contribution in [0.5, 0.6) is 0 Å². The number of hydrogen-bond acceptors (Lipinski definition) is 5. The third-order valence-corrected chi connectivity index (χ3v) is 2.88. The number of nitro benzene ring substituents is 1. The van der Waals surface area contributed by atoms with Crippen LogP contribution in [0.4, 0.5) is 16.2 Å². The lowest BCUT2D eigenvalue weighted by Gasteiger charge is -2.03. The maximum absolute atomic E-state index is 11.7. The first-order chi connectivity index (χ1) is 8.58. The minimum atomic E-state index is -0.643. The zero-order valence-electron chi connectivity index (χ0n) is 8.90. The molecule has 0 bridgehead atoms. The monoisotopic (exact) mass is 265 g/mol. The van der Waals surface area contributed by atoms with Crippen LogP contribution < -0.4 is 10.9 Å². The van der Waals surface area contributed by atoms with Crippen molar-refractivity contribution in [1.29, 1.82) is 0 Å². The molecular formula is C10H7N3O4S. The highest BCUT2D eigenvalue weighted by Gasteiger charge is 2.10. The molecule has 0 aliphatic heterocycles. The zero-order valence-corrected chi connectivity index (χ0v) is 9.72. The van der Waals surface area contributed by atoms with Gasteiger partial charge in [-0.25, -0.2) is 4.79 Å². The smallest absolute Gasteiger partial charge is 0.306 e. The van der Waals surface area contributed by atoms with E-state index in [0.717, 1.165) is 15.5 Å². The third-order valence-electron chi connectivity index (χ3n) is 2.07. The molecule has 2 rings (SSSR count). The SMILES string of the molecule is O=C(Nc1cccc([N+](=O)[O-])c1)n1sccc1=O. The van der Waals surface area contributed by atoms with Gasteiger partial charge in [0.25, 0.3) is 11.2 Å². The molecule has 18 heavy (non-hydrogen) atoms. The van der Waals surface area contributed by atoms with E-state index >= 15 is 0 Å². The summed E-state index contributed by atoms with van der Waals surface area (Å²) in [6, 6.07) is 6.10. The van der Waals surface area contributed by atoms with E-state index in [1.807, 2.05) is 0 Å². The van der Waals surface area contributed by atoms with Crippen molar-refractivity contribution in [2.24, 2.45) is 0 Å². The molecule has 0 saturated heterocycles. The van der Waals surface area contributed by atoms with Gasteiger partial charge in [0, 0.05) is 29.3 Å². The molecule has 7 nitrogen and oxygen atoms in total. The first-order valence-corrected chi connectivity index (χ1v) is 5.64. The molecule has 0 fully saturated rings. The number of nitrogens with one attached hydrogen (secondary N) is 1. The third kappa shape index (κ3) is 2.43. The van der Waals surface area contributed by atoms with E-state index in [0.29, 0.717) is 0 Å². The standard InChI is InChI=1S/C10H7N3O4S/c14-9-4-5-18-12(9)10(15)11-7-2-1-3-8(6-7)13(16)17/h1-6H,(H,11,15). The second kappa shape index (κ2) is 4.80. The van der Waals surface area contributed by atoms with Crippen LogP contribution >= 0.6 is 11.5 Å². The van der Waals surface area contributed by atoms with Crippen LogP contribution in [0, 0.1) is 10.1 Å². The molecule has 0 saturated carbocycles. The summed E-state index contributed by atoms with van der Waals surface area (Å²) in [7, 11) is 0. The highest BCUT2D eigenvalue weighted by atomic mass is 32.1. The van der Waals surface area contributed by atoms with E-state index < -0.39 is 16.5 Å². The number of carbonyl (C=O) groups is 1. The lowest BCUT2D eigenvalue weighted by molar-refractivity contribution is -0.384. The number of rotatable bonds is 2. The summed E-state index contributed by atoms with van der Waals surface area (Å²) in [5.74, 6) is 0. The first kappa shape index (κ1) is 12.0. The van der Waals surface area contributed by atoms with Gasteiger partial charge in [0.1, 0.15) is 0 Å². The molecule has 0 spiro atoms. The molecule has 8 heteroatoms. The van der Waals surface area contributed by atoms with Gasteiger partial charge in [-0.3, -0.25) is 14.9 Å². The fourth-order valence-electron chi connectivity index (χ4n) is 1.29. The predicted molar refractivity (Wildman–Crippen MR) is 66.1 cm³/mol. The van der Waals surface area contributed by atoms with Gasteiger partial charge in [0.05, 0.1) is 4.92 Å². The van der Waals surface area contributed by atoms with Crippen molar-refractivity contribution in [3.8, 4) is 0 Å². The lowest BCUT2D eigenvalue weighted by Crippen LogP contribution is -2.26. The highest BCUT2D eigenvalue weighted by Crippen LogP contribution is 2.17. The number of nitrogens with zero attached hydrogens (tertiary/aromatic N) is 2. The number of aromatic nitrogens is 1. The van der Waals surface area contributed by atoms with Gasteiger partial charge in [-0.2, -0.15) is 3.96 Å². The number of benzene rings is 1. The average molecular weight is 265 g/mol. The Morgan fingerprint density at radius 1 is 1.39 bits per heavy atom.